The number of carbonyl (C=O) groups is 2. The SMILES string of the molecule is CC(C(=O)Nc1ccc2ccccc2c1)N1CCN(C(=O)c2ccoc2)CC1. The van der Waals surface area contributed by atoms with Crippen molar-refractivity contribution in [1.82, 2.24) is 9.80 Å². The number of fused-ring (bicyclic) bond motifs is 1. The van der Waals surface area contributed by atoms with Crippen molar-refractivity contribution < 1.29 is 14.0 Å². The van der Waals surface area contributed by atoms with E-state index < -0.39 is 0 Å². The van der Waals surface area contributed by atoms with E-state index in [1.807, 2.05) is 49.4 Å². The van der Waals surface area contributed by atoms with E-state index in [2.05, 4.69) is 10.2 Å². The van der Waals surface area contributed by atoms with Gasteiger partial charge in [-0.3, -0.25) is 14.5 Å². The third-order valence-corrected chi connectivity index (χ3v) is 5.31. The highest BCUT2D eigenvalue weighted by molar-refractivity contribution is 5.97. The lowest BCUT2D eigenvalue weighted by Gasteiger charge is -2.37. The van der Waals surface area contributed by atoms with Crippen molar-refractivity contribution in [3.63, 3.8) is 0 Å². The van der Waals surface area contributed by atoms with E-state index in [9.17, 15) is 9.59 Å². The first kappa shape index (κ1) is 18.3. The lowest BCUT2D eigenvalue weighted by molar-refractivity contribution is -0.121. The molecule has 1 aromatic heterocycles. The molecule has 3 aromatic rings. The van der Waals surface area contributed by atoms with Crippen LogP contribution in [0.5, 0.6) is 0 Å². The maximum absolute atomic E-state index is 12.7. The Bertz CT molecular complexity index is 976. The molecule has 0 saturated carbocycles. The molecule has 0 spiro atoms. The maximum atomic E-state index is 12.7. The molecule has 0 bridgehead atoms. The zero-order chi connectivity index (χ0) is 19.5. The molecular weight excluding hydrogens is 354 g/mol. The Morgan fingerprint density at radius 2 is 1.75 bits per heavy atom. The Kier molecular flexibility index (Phi) is 5.12. The van der Waals surface area contributed by atoms with Crippen LogP contribution in [0.2, 0.25) is 0 Å². The number of nitrogens with zero attached hydrogens (tertiary/aromatic N) is 2. The number of rotatable bonds is 4. The summed E-state index contributed by atoms with van der Waals surface area (Å²) in [5, 5.41) is 5.26. The summed E-state index contributed by atoms with van der Waals surface area (Å²) in [7, 11) is 0. The topological polar surface area (TPSA) is 65.8 Å². The van der Waals surface area contributed by atoms with E-state index >= 15 is 0 Å². The molecule has 2 heterocycles. The molecule has 1 N–H and O–H groups in total. The normalized spacial score (nSPS) is 16.1. The van der Waals surface area contributed by atoms with E-state index in [4.69, 9.17) is 4.42 Å². The van der Waals surface area contributed by atoms with Gasteiger partial charge in [0.15, 0.2) is 0 Å². The summed E-state index contributed by atoms with van der Waals surface area (Å²) in [6.45, 7) is 4.42. The zero-order valence-electron chi connectivity index (χ0n) is 15.8. The van der Waals surface area contributed by atoms with Crippen molar-refractivity contribution >= 4 is 28.3 Å². The number of piperazine rings is 1. The Balaban J connectivity index is 1.34. The van der Waals surface area contributed by atoms with Crippen LogP contribution in [0.15, 0.2) is 65.5 Å². The van der Waals surface area contributed by atoms with Crippen molar-refractivity contribution in [3.8, 4) is 0 Å². The van der Waals surface area contributed by atoms with Crippen LogP contribution < -0.4 is 5.32 Å². The average molecular weight is 377 g/mol. The Hall–Kier alpha value is -3.12. The zero-order valence-corrected chi connectivity index (χ0v) is 15.8. The summed E-state index contributed by atoms with van der Waals surface area (Å²) >= 11 is 0. The predicted octanol–water partition coefficient (Wildman–Crippen LogP) is 3.22. The average Bonchev–Trinajstić information content (AvgIpc) is 3.27. The Morgan fingerprint density at radius 3 is 2.46 bits per heavy atom. The van der Waals surface area contributed by atoms with Gasteiger partial charge in [0.05, 0.1) is 17.9 Å². The van der Waals surface area contributed by atoms with Gasteiger partial charge in [-0.05, 0) is 35.9 Å². The number of furan rings is 1. The van der Waals surface area contributed by atoms with Crippen molar-refractivity contribution in [2.45, 2.75) is 13.0 Å². The van der Waals surface area contributed by atoms with Crippen molar-refractivity contribution in [1.29, 1.82) is 0 Å². The Morgan fingerprint density at radius 1 is 1.00 bits per heavy atom. The van der Waals surface area contributed by atoms with Gasteiger partial charge in [-0.15, -0.1) is 0 Å². The van der Waals surface area contributed by atoms with Crippen LogP contribution in [0.4, 0.5) is 5.69 Å². The largest absolute Gasteiger partial charge is 0.472 e. The summed E-state index contributed by atoms with van der Waals surface area (Å²) in [5.74, 6) is -0.0634. The molecule has 1 unspecified atom stereocenters. The number of hydrogen-bond donors (Lipinski definition) is 1. The molecule has 1 fully saturated rings. The molecule has 0 radical (unpaired) electrons. The number of anilines is 1. The minimum absolute atomic E-state index is 0.0262. The molecule has 6 heteroatoms. The van der Waals surface area contributed by atoms with Gasteiger partial charge < -0.3 is 14.6 Å². The summed E-state index contributed by atoms with van der Waals surface area (Å²) in [6, 6.07) is 15.4. The third-order valence-electron chi connectivity index (χ3n) is 5.31. The van der Waals surface area contributed by atoms with E-state index in [-0.39, 0.29) is 17.9 Å². The highest BCUT2D eigenvalue weighted by atomic mass is 16.3. The van der Waals surface area contributed by atoms with Gasteiger partial charge in [-0.1, -0.05) is 30.3 Å². The fourth-order valence-electron chi connectivity index (χ4n) is 3.56. The van der Waals surface area contributed by atoms with Crippen LogP contribution in [-0.4, -0.2) is 53.8 Å². The second-order valence-electron chi connectivity index (χ2n) is 7.07. The van der Waals surface area contributed by atoms with Crippen molar-refractivity contribution in [2.75, 3.05) is 31.5 Å². The van der Waals surface area contributed by atoms with Crippen LogP contribution >= 0.6 is 0 Å². The van der Waals surface area contributed by atoms with Crippen LogP contribution in [0.3, 0.4) is 0 Å². The molecule has 1 saturated heterocycles. The van der Waals surface area contributed by atoms with Crippen LogP contribution in [-0.2, 0) is 4.79 Å². The first-order valence-corrected chi connectivity index (χ1v) is 9.47. The number of benzene rings is 2. The summed E-state index contributed by atoms with van der Waals surface area (Å²) in [6.07, 6.45) is 2.97. The van der Waals surface area contributed by atoms with E-state index in [1.54, 1.807) is 11.0 Å². The highest BCUT2D eigenvalue weighted by Gasteiger charge is 2.28. The first-order valence-electron chi connectivity index (χ1n) is 9.47. The summed E-state index contributed by atoms with van der Waals surface area (Å²) in [5.41, 5.74) is 1.36. The molecule has 28 heavy (non-hydrogen) atoms. The number of hydrogen-bond acceptors (Lipinski definition) is 4. The van der Waals surface area contributed by atoms with Crippen LogP contribution in [0.1, 0.15) is 17.3 Å². The second-order valence-corrected chi connectivity index (χ2v) is 7.07. The minimum atomic E-state index is -0.266. The van der Waals surface area contributed by atoms with Crippen molar-refractivity contribution in [3.05, 3.63) is 66.6 Å². The van der Waals surface area contributed by atoms with Gasteiger partial charge in [0.2, 0.25) is 5.91 Å². The van der Waals surface area contributed by atoms with Crippen LogP contribution in [0.25, 0.3) is 10.8 Å². The summed E-state index contributed by atoms with van der Waals surface area (Å²) in [4.78, 5) is 29.0. The van der Waals surface area contributed by atoms with Gasteiger partial charge >= 0.3 is 0 Å². The molecule has 6 nitrogen and oxygen atoms in total. The molecule has 2 amide bonds. The molecular formula is C22H23N3O3. The standard InChI is InChI=1S/C22H23N3O3/c1-16(21(26)23-20-7-6-17-4-2-3-5-18(17)14-20)24-9-11-25(12-10-24)22(27)19-8-13-28-15-19/h2-8,13-16H,9-12H2,1H3,(H,23,26). The third kappa shape index (κ3) is 3.77. The van der Waals surface area contributed by atoms with E-state index in [0.29, 0.717) is 31.7 Å². The highest BCUT2D eigenvalue weighted by Crippen LogP contribution is 2.19. The molecule has 1 aliphatic rings. The molecule has 1 atom stereocenters. The maximum Gasteiger partial charge on any atom is 0.257 e. The molecule has 2 aromatic carbocycles. The van der Waals surface area contributed by atoms with Gasteiger partial charge in [-0.2, -0.15) is 0 Å². The first-order chi connectivity index (χ1) is 13.6. The van der Waals surface area contributed by atoms with Crippen LogP contribution in [0, 0.1) is 0 Å². The number of carbonyl (C=O) groups excluding carboxylic acids is 2. The quantitative estimate of drug-likeness (QED) is 0.758. The Labute approximate surface area is 163 Å². The summed E-state index contributed by atoms with van der Waals surface area (Å²) < 4.78 is 4.99. The predicted molar refractivity (Wildman–Crippen MR) is 108 cm³/mol. The monoisotopic (exact) mass is 377 g/mol. The molecule has 4 rings (SSSR count). The van der Waals surface area contributed by atoms with E-state index in [1.165, 1.54) is 12.5 Å². The van der Waals surface area contributed by atoms with Gasteiger partial charge in [0.25, 0.3) is 5.91 Å². The minimum Gasteiger partial charge on any atom is -0.472 e. The lowest BCUT2D eigenvalue weighted by atomic mass is 10.1. The lowest BCUT2D eigenvalue weighted by Crippen LogP contribution is -2.54. The molecule has 0 aliphatic carbocycles. The smallest absolute Gasteiger partial charge is 0.257 e. The second kappa shape index (κ2) is 7.86. The molecule has 1 aliphatic heterocycles. The number of nitrogens with one attached hydrogen (secondary N) is 1. The van der Waals surface area contributed by atoms with Crippen molar-refractivity contribution in [2.24, 2.45) is 0 Å². The molecule has 144 valence electrons. The fourth-order valence-corrected chi connectivity index (χ4v) is 3.56. The van der Waals surface area contributed by atoms with E-state index in [0.717, 1.165) is 16.5 Å². The number of amides is 2. The van der Waals surface area contributed by atoms with Gasteiger partial charge in [0, 0.05) is 31.9 Å². The fraction of sp³-hybridized carbons (Fsp3) is 0.273. The van der Waals surface area contributed by atoms with Gasteiger partial charge in [0.1, 0.15) is 6.26 Å². The van der Waals surface area contributed by atoms with Gasteiger partial charge in [-0.25, -0.2) is 0 Å².